The van der Waals surface area contributed by atoms with E-state index >= 15 is 0 Å². The fraction of sp³-hybridized carbons (Fsp3) is 0.0833. The second-order valence-corrected chi connectivity index (χ2v) is 6.78. The first kappa shape index (κ1) is 18.5. The first-order valence-electron chi connectivity index (χ1n) is 9.27. The molecule has 1 amide bonds. The van der Waals surface area contributed by atoms with Crippen LogP contribution in [0.3, 0.4) is 0 Å². The molecule has 0 aliphatic heterocycles. The molecular formula is C24H20N2O3. The molecule has 4 aromatic rings. The number of aromatic nitrogens is 1. The summed E-state index contributed by atoms with van der Waals surface area (Å²) in [5.74, 6) is -0.0898. The van der Waals surface area contributed by atoms with Crippen molar-refractivity contribution in [2.75, 3.05) is 0 Å². The lowest BCUT2D eigenvalue weighted by Gasteiger charge is -2.09. The number of benzene rings is 3. The van der Waals surface area contributed by atoms with Gasteiger partial charge in [-0.25, -0.2) is 0 Å². The Kier molecular flexibility index (Phi) is 4.87. The summed E-state index contributed by atoms with van der Waals surface area (Å²) in [4.78, 5) is 25.1. The van der Waals surface area contributed by atoms with Gasteiger partial charge in [0.25, 0.3) is 11.8 Å². The molecule has 0 atom stereocenters. The molecule has 29 heavy (non-hydrogen) atoms. The number of ether oxygens (including phenoxy) is 1. The zero-order valence-corrected chi connectivity index (χ0v) is 16.0. The second-order valence-electron chi connectivity index (χ2n) is 6.78. The van der Waals surface area contributed by atoms with Gasteiger partial charge in [0, 0.05) is 16.6 Å². The molecule has 0 spiro atoms. The van der Waals surface area contributed by atoms with Crippen molar-refractivity contribution < 1.29 is 14.3 Å². The normalized spacial score (nSPS) is 10.8. The van der Waals surface area contributed by atoms with E-state index in [1.165, 1.54) is 4.57 Å². The Morgan fingerprint density at radius 1 is 0.897 bits per heavy atom. The van der Waals surface area contributed by atoms with Crippen molar-refractivity contribution in [3.63, 3.8) is 0 Å². The number of primary amides is 1. The highest BCUT2D eigenvalue weighted by molar-refractivity contribution is 6.12. The average Bonchev–Trinajstić information content (AvgIpc) is 3.04. The Balaban J connectivity index is 1.62. The maximum atomic E-state index is 13.2. The summed E-state index contributed by atoms with van der Waals surface area (Å²) in [6, 6.07) is 24.1. The van der Waals surface area contributed by atoms with E-state index in [-0.39, 0.29) is 5.91 Å². The van der Waals surface area contributed by atoms with Crippen molar-refractivity contribution in [1.29, 1.82) is 0 Å². The van der Waals surface area contributed by atoms with Gasteiger partial charge >= 0.3 is 0 Å². The van der Waals surface area contributed by atoms with Gasteiger partial charge in [-0.1, -0.05) is 48.5 Å². The summed E-state index contributed by atoms with van der Waals surface area (Å²) >= 11 is 0. The zero-order valence-electron chi connectivity index (χ0n) is 16.0. The van der Waals surface area contributed by atoms with Gasteiger partial charge in [0.05, 0.1) is 11.1 Å². The van der Waals surface area contributed by atoms with Crippen LogP contribution in [-0.2, 0) is 6.61 Å². The minimum Gasteiger partial charge on any atom is -0.489 e. The molecule has 2 N–H and O–H groups in total. The molecule has 5 heteroatoms. The van der Waals surface area contributed by atoms with Crippen LogP contribution in [0, 0.1) is 6.92 Å². The van der Waals surface area contributed by atoms with Crippen molar-refractivity contribution in [3.05, 3.63) is 101 Å². The van der Waals surface area contributed by atoms with Crippen LogP contribution < -0.4 is 10.5 Å². The minimum atomic E-state index is -0.546. The highest BCUT2D eigenvalue weighted by Gasteiger charge is 2.22. The van der Waals surface area contributed by atoms with E-state index in [0.717, 1.165) is 5.56 Å². The summed E-state index contributed by atoms with van der Waals surface area (Å²) in [6.45, 7) is 2.19. The minimum absolute atomic E-state index is 0.221. The lowest BCUT2D eigenvalue weighted by atomic mass is 10.1. The summed E-state index contributed by atoms with van der Waals surface area (Å²) in [6.07, 6.45) is 0. The molecule has 0 saturated carbocycles. The molecule has 0 radical (unpaired) electrons. The molecule has 0 aliphatic rings. The Morgan fingerprint density at radius 2 is 1.55 bits per heavy atom. The Morgan fingerprint density at radius 3 is 2.24 bits per heavy atom. The molecule has 4 rings (SSSR count). The van der Waals surface area contributed by atoms with Crippen LogP contribution in [0.4, 0.5) is 0 Å². The van der Waals surface area contributed by atoms with Gasteiger partial charge in [0.15, 0.2) is 0 Å². The molecule has 0 bridgehead atoms. The number of hydrogen-bond acceptors (Lipinski definition) is 3. The van der Waals surface area contributed by atoms with E-state index in [4.69, 9.17) is 10.5 Å². The molecule has 0 unspecified atom stereocenters. The Labute approximate surface area is 168 Å². The largest absolute Gasteiger partial charge is 0.489 e. The molecular weight excluding hydrogens is 364 g/mol. The third-order valence-electron chi connectivity index (χ3n) is 4.91. The van der Waals surface area contributed by atoms with Gasteiger partial charge in [-0.05, 0) is 42.8 Å². The predicted molar refractivity (Wildman–Crippen MR) is 112 cm³/mol. The van der Waals surface area contributed by atoms with Crippen LogP contribution in [0.1, 0.15) is 32.0 Å². The molecule has 0 fully saturated rings. The number of carbonyl (C=O) groups is 2. The average molecular weight is 384 g/mol. The number of amides is 1. The molecule has 1 heterocycles. The van der Waals surface area contributed by atoms with E-state index in [0.29, 0.717) is 40.1 Å². The number of fused-ring (bicyclic) bond motifs is 1. The summed E-state index contributed by atoms with van der Waals surface area (Å²) < 4.78 is 7.32. The Hall–Kier alpha value is -3.86. The topological polar surface area (TPSA) is 74.3 Å². The van der Waals surface area contributed by atoms with Crippen molar-refractivity contribution in [2.45, 2.75) is 13.5 Å². The second kappa shape index (κ2) is 7.64. The highest BCUT2D eigenvalue weighted by atomic mass is 16.5. The van der Waals surface area contributed by atoms with Crippen molar-refractivity contribution >= 4 is 22.7 Å². The fourth-order valence-corrected chi connectivity index (χ4v) is 3.50. The summed E-state index contributed by atoms with van der Waals surface area (Å²) in [5, 5.41) is 0.675. The third kappa shape index (κ3) is 3.50. The number of nitrogens with zero attached hydrogens (tertiary/aromatic N) is 1. The van der Waals surface area contributed by atoms with Crippen molar-refractivity contribution in [1.82, 2.24) is 4.57 Å². The van der Waals surface area contributed by atoms with E-state index in [2.05, 4.69) is 0 Å². The molecule has 1 aromatic heterocycles. The van der Waals surface area contributed by atoms with E-state index < -0.39 is 5.91 Å². The van der Waals surface area contributed by atoms with Crippen LogP contribution in [0.5, 0.6) is 5.75 Å². The fourth-order valence-electron chi connectivity index (χ4n) is 3.50. The van der Waals surface area contributed by atoms with Crippen LogP contribution in [0.15, 0.2) is 78.9 Å². The van der Waals surface area contributed by atoms with Crippen LogP contribution >= 0.6 is 0 Å². The number of hydrogen-bond donors (Lipinski definition) is 1. The van der Waals surface area contributed by atoms with Gasteiger partial charge in [-0.15, -0.1) is 0 Å². The SMILES string of the molecule is Cc1c(C(N)=O)c2ccccc2n1C(=O)c1ccc(OCc2ccccc2)cc1. The van der Waals surface area contributed by atoms with Gasteiger partial charge in [-0.3, -0.25) is 14.2 Å². The van der Waals surface area contributed by atoms with Crippen LogP contribution in [-0.4, -0.2) is 16.4 Å². The van der Waals surface area contributed by atoms with E-state index in [9.17, 15) is 9.59 Å². The number of para-hydroxylation sites is 1. The van der Waals surface area contributed by atoms with Gasteiger partial charge in [0.1, 0.15) is 12.4 Å². The van der Waals surface area contributed by atoms with E-state index in [1.54, 1.807) is 37.3 Å². The summed E-state index contributed by atoms with van der Waals surface area (Å²) in [7, 11) is 0. The lowest BCUT2D eigenvalue weighted by molar-refractivity contribution is 0.0963. The monoisotopic (exact) mass is 384 g/mol. The quantitative estimate of drug-likeness (QED) is 0.557. The smallest absolute Gasteiger partial charge is 0.262 e. The summed E-state index contributed by atoms with van der Waals surface area (Å²) in [5.41, 5.74) is 8.69. The molecule has 0 aliphatic carbocycles. The first-order valence-corrected chi connectivity index (χ1v) is 9.27. The lowest BCUT2D eigenvalue weighted by Crippen LogP contribution is -2.16. The predicted octanol–water partition coefficient (Wildman–Crippen LogP) is 4.32. The third-order valence-corrected chi connectivity index (χ3v) is 4.91. The zero-order chi connectivity index (χ0) is 20.4. The van der Waals surface area contributed by atoms with Crippen molar-refractivity contribution in [3.8, 4) is 5.75 Å². The highest BCUT2D eigenvalue weighted by Crippen LogP contribution is 2.27. The number of carbonyl (C=O) groups excluding carboxylic acids is 2. The molecule has 5 nitrogen and oxygen atoms in total. The molecule has 144 valence electrons. The van der Waals surface area contributed by atoms with Crippen LogP contribution in [0.2, 0.25) is 0 Å². The first-order chi connectivity index (χ1) is 14.1. The maximum absolute atomic E-state index is 13.2. The van der Waals surface area contributed by atoms with Crippen LogP contribution in [0.25, 0.3) is 10.9 Å². The molecule has 3 aromatic carbocycles. The van der Waals surface area contributed by atoms with E-state index in [1.807, 2.05) is 48.5 Å². The van der Waals surface area contributed by atoms with Gasteiger partial charge in [-0.2, -0.15) is 0 Å². The van der Waals surface area contributed by atoms with Crippen molar-refractivity contribution in [2.24, 2.45) is 5.73 Å². The van der Waals surface area contributed by atoms with Gasteiger partial charge < -0.3 is 10.5 Å². The Bertz CT molecular complexity index is 1190. The maximum Gasteiger partial charge on any atom is 0.262 e. The number of rotatable bonds is 5. The molecule has 0 saturated heterocycles. The van der Waals surface area contributed by atoms with Gasteiger partial charge in [0.2, 0.25) is 0 Å². The number of nitrogens with two attached hydrogens (primary N) is 1. The standard InChI is InChI=1S/C24H20N2O3/c1-16-22(23(25)27)20-9-5-6-10-21(20)26(16)24(28)18-11-13-19(14-12-18)29-15-17-7-3-2-4-8-17/h2-14H,15H2,1H3,(H2,25,27).